The minimum absolute atomic E-state index is 0.319. The fourth-order valence-electron chi connectivity index (χ4n) is 1.34. The van der Waals surface area contributed by atoms with Crippen molar-refractivity contribution in [3.8, 4) is 5.75 Å². The Balaban J connectivity index is 2.02. The van der Waals surface area contributed by atoms with E-state index >= 15 is 0 Å². The van der Waals surface area contributed by atoms with Gasteiger partial charge in [0.25, 0.3) is 0 Å². The Labute approximate surface area is 104 Å². The molecule has 0 fully saturated rings. The van der Waals surface area contributed by atoms with Gasteiger partial charge in [0.15, 0.2) is 5.82 Å². The van der Waals surface area contributed by atoms with Crippen molar-refractivity contribution in [1.29, 1.82) is 0 Å². The van der Waals surface area contributed by atoms with Gasteiger partial charge in [0.2, 0.25) is 0 Å². The third-order valence-corrected chi connectivity index (χ3v) is 2.58. The molecule has 1 heterocycles. The Bertz CT molecular complexity index is 490. The Hall–Kier alpha value is -1.65. The maximum absolute atomic E-state index is 6.02. The summed E-state index contributed by atoms with van der Waals surface area (Å²) in [5.74, 6) is 1.31. The summed E-state index contributed by atoms with van der Waals surface area (Å²) in [7, 11) is 0. The van der Waals surface area contributed by atoms with Crippen LogP contribution in [0.4, 0.5) is 0 Å². The summed E-state index contributed by atoms with van der Waals surface area (Å²) in [5, 5.41) is 0.610. The van der Waals surface area contributed by atoms with E-state index in [-0.39, 0.29) is 0 Å². The van der Waals surface area contributed by atoms with Crippen molar-refractivity contribution < 1.29 is 4.74 Å². The molecule has 0 aliphatic rings. The molecule has 2 rings (SSSR count). The molecule has 0 amide bonds. The Kier molecular flexibility index (Phi) is 3.90. The number of ether oxygens (including phenoxy) is 1. The van der Waals surface area contributed by atoms with E-state index in [1.165, 1.54) is 0 Å². The molecule has 0 spiro atoms. The lowest BCUT2D eigenvalue weighted by atomic mass is 10.2. The van der Waals surface area contributed by atoms with Crippen molar-refractivity contribution in [3.05, 3.63) is 53.1 Å². The predicted octanol–water partition coefficient (Wildman–Crippen LogP) is 2.17. The molecule has 0 saturated heterocycles. The van der Waals surface area contributed by atoms with Gasteiger partial charge in [-0.05, 0) is 23.8 Å². The molecule has 0 radical (unpaired) electrons. The van der Waals surface area contributed by atoms with Gasteiger partial charge in [-0.2, -0.15) is 0 Å². The van der Waals surface area contributed by atoms with Gasteiger partial charge in [0, 0.05) is 24.0 Å². The van der Waals surface area contributed by atoms with Crippen molar-refractivity contribution in [2.75, 3.05) is 0 Å². The average molecular weight is 250 g/mol. The molecule has 4 nitrogen and oxygen atoms in total. The molecule has 17 heavy (non-hydrogen) atoms. The summed E-state index contributed by atoms with van der Waals surface area (Å²) in [6.07, 6.45) is 3.35. The Morgan fingerprint density at radius 1 is 1.24 bits per heavy atom. The van der Waals surface area contributed by atoms with Gasteiger partial charge in [-0.1, -0.05) is 17.7 Å². The number of rotatable bonds is 4. The van der Waals surface area contributed by atoms with Crippen LogP contribution in [0.25, 0.3) is 0 Å². The zero-order valence-corrected chi connectivity index (χ0v) is 9.89. The molecular weight excluding hydrogens is 238 g/mol. The lowest BCUT2D eigenvalue weighted by molar-refractivity contribution is 0.295. The van der Waals surface area contributed by atoms with Crippen molar-refractivity contribution in [3.63, 3.8) is 0 Å². The third-order valence-electron chi connectivity index (χ3n) is 2.23. The quantitative estimate of drug-likeness (QED) is 0.902. The van der Waals surface area contributed by atoms with Crippen molar-refractivity contribution >= 4 is 11.6 Å². The van der Waals surface area contributed by atoms with Crippen LogP contribution >= 0.6 is 11.6 Å². The normalized spacial score (nSPS) is 10.2. The summed E-state index contributed by atoms with van der Waals surface area (Å²) in [5.41, 5.74) is 6.42. The van der Waals surface area contributed by atoms with Crippen LogP contribution in [0, 0.1) is 0 Å². The largest absolute Gasteiger partial charge is 0.486 e. The first-order valence-electron chi connectivity index (χ1n) is 5.17. The number of nitrogens with two attached hydrogens (primary N) is 1. The summed E-state index contributed by atoms with van der Waals surface area (Å²) >= 11 is 6.02. The second-order valence-electron chi connectivity index (χ2n) is 3.41. The van der Waals surface area contributed by atoms with E-state index in [9.17, 15) is 0 Å². The average Bonchev–Trinajstić information content (AvgIpc) is 2.38. The molecule has 0 saturated carbocycles. The molecule has 1 aromatic heterocycles. The number of nitrogens with zero attached hydrogens (tertiary/aromatic N) is 2. The molecule has 0 aliphatic carbocycles. The number of aromatic nitrogens is 2. The first kappa shape index (κ1) is 11.8. The first-order chi connectivity index (χ1) is 8.29. The molecule has 0 aliphatic heterocycles. The Morgan fingerprint density at radius 3 is 2.65 bits per heavy atom. The number of halogens is 1. The number of hydrogen-bond acceptors (Lipinski definition) is 4. The van der Waals surface area contributed by atoms with Gasteiger partial charge in [-0.15, -0.1) is 0 Å². The molecule has 2 aromatic rings. The van der Waals surface area contributed by atoms with Crippen LogP contribution in [0.1, 0.15) is 11.4 Å². The van der Waals surface area contributed by atoms with Crippen LogP contribution in [0.15, 0.2) is 36.7 Å². The smallest absolute Gasteiger partial charge is 0.166 e. The molecule has 1 aromatic carbocycles. The highest BCUT2D eigenvalue weighted by Crippen LogP contribution is 2.22. The van der Waals surface area contributed by atoms with Crippen LogP contribution in [-0.2, 0) is 13.2 Å². The van der Waals surface area contributed by atoms with Crippen molar-refractivity contribution in [1.82, 2.24) is 9.97 Å². The van der Waals surface area contributed by atoms with E-state index in [0.717, 1.165) is 5.56 Å². The molecular formula is C12H12ClN3O. The summed E-state index contributed by atoms with van der Waals surface area (Å²) in [6, 6.07) is 7.18. The van der Waals surface area contributed by atoms with Crippen molar-refractivity contribution in [2.24, 2.45) is 5.73 Å². The third kappa shape index (κ3) is 3.15. The fourth-order valence-corrected chi connectivity index (χ4v) is 1.58. The highest BCUT2D eigenvalue weighted by Gasteiger charge is 2.02. The second-order valence-corrected chi connectivity index (χ2v) is 3.82. The molecule has 0 unspecified atom stereocenters. The summed E-state index contributed by atoms with van der Waals surface area (Å²) in [4.78, 5) is 8.12. The van der Waals surface area contributed by atoms with Gasteiger partial charge in [-0.25, -0.2) is 9.97 Å². The maximum atomic E-state index is 6.02. The fraction of sp³-hybridized carbons (Fsp3) is 0.167. The molecule has 5 heteroatoms. The topological polar surface area (TPSA) is 61.0 Å². The van der Waals surface area contributed by atoms with Crippen LogP contribution in [0.5, 0.6) is 5.75 Å². The second kappa shape index (κ2) is 5.61. The summed E-state index contributed by atoms with van der Waals surface area (Å²) in [6.45, 7) is 0.736. The van der Waals surface area contributed by atoms with E-state index in [1.54, 1.807) is 24.5 Å². The van der Waals surface area contributed by atoms with E-state index in [4.69, 9.17) is 22.1 Å². The van der Waals surface area contributed by atoms with Gasteiger partial charge in [0.1, 0.15) is 12.4 Å². The van der Waals surface area contributed by atoms with E-state index in [0.29, 0.717) is 29.7 Å². The van der Waals surface area contributed by atoms with Crippen LogP contribution in [0.3, 0.4) is 0 Å². The molecule has 0 atom stereocenters. The number of hydrogen-bond donors (Lipinski definition) is 1. The minimum Gasteiger partial charge on any atom is -0.486 e. The van der Waals surface area contributed by atoms with Crippen LogP contribution in [-0.4, -0.2) is 9.97 Å². The highest BCUT2D eigenvalue weighted by atomic mass is 35.5. The SMILES string of the molecule is NCc1ccc(OCc2ncccn2)cc1Cl. The van der Waals surface area contributed by atoms with Gasteiger partial charge in [0.05, 0.1) is 0 Å². The first-order valence-corrected chi connectivity index (χ1v) is 5.54. The maximum Gasteiger partial charge on any atom is 0.166 e. The number of benzene rings is 1. The molecule has 2 N–H and O–H groups in total. The monoisotopic (exact) mass is 249 g/mol. The van der Waals surface area contributed by atoms with Crippen molar-refractivity contribution in [2.45, 2.75) is 13.2 Å². The Morgan fingerprint density at radius 2 is 2.00 bits per heavy atom. The van der Waals surface area contributed by atoms with E-state index < -0.39 is 0 Å². The zero-order valence-electron chi connectivity index (χ0n) is 9.14. The van der Waals surface area contributed by atoms with Gasteiger partial charge in [-0.3, -0.25) is 0 Å². The van der Waals surface area contributed by atoms with E-state index in [1.807, 2.05) is 12.1 Å². The predicted molar refractivity (Wildman–Crippen MR) is 65.7 cm³/mol. The zero-order chi connectivity index (χ0) is 12.1. The van der Waals surface area contributed by atoms with Crippen LogP contribution in [0.2, 0.25) is 5.02 Å². The molecule has 88 valence electrons. The minimum atomic E-state index is 0.319. The van der Waals surface area contributed by atoms with E-state index in [2.05, 4.69) is 9.97 Å². The summed E-state index contributed by atoms with van der Waals surface area (Å²) < 4.78 is 5.52. The lowest BCUT2D eigenvalue weighted by Crippen LogP contribution is -2.01. The lowest BCUT2D eigenvalue weighted by Gasteiger charge is -2.07. The molecule has 0 bridgehead atoms. The van der Waals surface area contributed by atoms with Crippen LogP contribution < -0.4 is 10.5 Å². The van der Waals surface area contributed by atoms with Gasteiger partial charge < -0.3 is 10.5 Å². The van der Waals surface area contributed by atoms with Gasteiger partial charge >= 0.3 is 0 Å². The standard InChI is InChI=1S/C12H12ClN3O/c13-11-6-10(3-2-9(11)7-14)17-8-12-15-4-1-5-16-12/h1-6H,7-8,14H2. The highest BCUT2D eigenvalue weighted by molar-refractivity contribution is 6.31.